The van der Waals surface area contributed by atoms with E-state index < -0.39 is 0 Å². The summed E-state index contributed by atoms with van der Waals surface area (Å²) in [6.45, 7) is 8.45. The van der Waals surface area contributed by atoms with Crippen LogP contribution in [-0.4, -0.2) is 64.6 Å². The predicted molar refractivity (Wildman–Crippen MR) is 70.4 cm³/mol. The summed E-state index contributed by atoms with van der Waals surface area (Å²) in [5.41, 5.74) is 0. The van der Waals surface area contributed by atoms with Crippen molar-refractivity contribution in [1.82, 2.24) is 10.2 Å². The molecule has 0 aliphatic carbocycles. The van der Waals surface area contributed by atoms with Crippen LogP contribution in [0.3, 0.4) is 0 Å². The molecule has 0 spiro atoms. The molecule has 1 N–H and O–H groups in total. The Morgan fingerprint density at radius 2 is 1.94 bits per heavy atom. The molecule has 1 fully saturated rings. The van der Waals surface area contributed by atoms with Gasteiger partial charge < -0.3 is 14.8 Å². The number of hydrogen-bond donors (Lipinski definition) is 1. The first kappa shape index (κ1) is 14.9. The van der Waals surface area contributed by atoms with Gasteiger partial charge in [0.05, 0.1) is 6.61 Å². The lowest BCUT2D eigenvalue weighted by Crippen LogP contribution is -2.50. The molecule has 0 radical (unpaired) electrons. The standard InChI is InChI=1S/C13H28N2O2/c1-12-11-14-6-5-13(12)15(8-10-17-3)7-4-9-16-2/h12-14H,4-11H2,1-3H3. The maximum Gasteiger partial charge on any atom is 0.0589 e. The van der Waals surface area contributed by atoms with Gasteiger partial charge in [-0.05, 0) is 31.8 Å². The molecule has 0 bridgehead atoms. The van der Waals surface area contributed by atoms with E-state index in [0.717, 1.165) is 51.7 Å². The summed E-state index contributed by atoms with van der Waals surface area (Å²) in [6, 6.07) is 0.697. The zero-order chi connectivity index (χ0) is 12.5. The van der Waals surface area contributed by atoms with Gasteiger partial charge in [0.1, 0.15) is 0 Å². The molecule has 102 valence electrons. The number of piperidine rings is 1. The second kappa shape index (κ2) is 8.86. The SMILES string of the molecule is COCCCN(CCOC)C1CCNCC1C. The molecule has 4 nitrogen and oxygen atoms in total. The average molecular weight is 244 g/mol. The molecular formula is C13H28N2O2. The lowest BCUT2D eigenvalue weighted by Gasteiger charge is -2.39. The van der Waals surface area contributed by atoms with Crippen molar-refractivity contribution in [2.24, 2.45) is 5.92 Å². The first-order valence-electron chi connectivity index (χ1n) is 6.72. The highest BCUT2D eigenvalue weighted by molar-refractivity contribution is 4.83. The summed E-state index contributed by atoms with van der Waals surface area (Å²) >= 11 is 0. The zero-order valence-corrected chi connectivity index (χ0v) is 11.6. The van der Waals surface area contributed by atoms with E-state index in [-0.39, 0.29) is 0 Å². The van der Waals surface area contributed by atoms with Crippen molar-refractivity contribution in [2.45, 2.75) is 25.8 Å². The van der Waals surface area contributed by atoms with Crippen LogP contribution in [0.15, 0.2) is 0 Å². The Hall–Kier alpha value is -0.160. The van der Waals surface area contributed by atoms with Gasteiger partial charge in [-0.15, -0.1) is 0 Å². The van der Waals surface area contributed by atoms with Gasteiger partial charge in [-0.3, -0.25) is 4.90 Å². The molecule has 1 aliphatic heterocycles. The van der Waals surface area contributed by atoms with Crippen LogP contribution in [0.2, 0.25) is 0 Å². The van der Waals surface area contributed by atoms with Crippen molar-refractivity contribution in [3.05, 3.63) is 0 Å². The van der Waals surface area contributed by atoms with Crippen LogP contribution in [0.4, 0.5) is 0 Å². The Morgan fingerprint density at radius 3 is 2.59 bits per heavy atom. The Morgan fingerprint density at radius 1 is 1.18 bits per heavy atom. The van der Waals surface area contributed by atoms with Gasteiger partial charge in [0.15, 0.2) is 0 Å². The third-order valence-electron chi connectivity index (χ3n) is 3.59. The van der Waals surface area contributed by atoms with Gasteiger partial charge in [0.25, 0.3) is 0 Å². The second-order valence-corrected chi connectivity index (χ2v) is 4.91. The Balaban J connectivity index is 2.41. The van der Waals surface area contributed by atoms with Gasteiger partial charge >= 0.3 is 0 Å². The van der Waals surface area contributed by atoms with Gasteiger partial charge in [-0.25, -0.2) is 0 Å². The maximum absolute atomic E-state index is 5.22. The summed E-state index contributed by atoms with van der Waals surface area (Å²) < 4.78 is 10.4. The fourth-order valence-electron chi connectivity index (χ4n) is 2.61. The highest BCUT2D eigenvalue weighted by Crippen LogP contribution is 2.17. The van der Waals surface area contributed by atoms with Crippen LogP contribution < -0.4 is 5.32 Å². The first-order chi connectivity index (χ1) is 8.29. The minimum absolute atomic E-state index is 0.697. The third-order valence-corrected chi connectivity index (χ3v) is 3.59. The lowest BCUT2D eigenvalue weighted by atomic mass is 9.93. The molecule has 0 aromatic carbocycles. The molecular weight excluding hydrogens is 216 g/mol. The minimum Gasteiger partial charge on any atom is -0.385 e. The average Bonchev–Trinajstić information content (AvgIpc) is 2.35. The summed E-state index contributed by atoms with van der Waals surface area (Å²) in [5, 5.41) is 3.46. The maximum atomic E-state index is 5.22. The van der Waals surface area contributed by atoms with Crippen LogP contribution in [0.5, 0.6) is 0 Å². The van der Waals surface area contributed by atoms with E-state index in [1.54, 1.807) is 14.2 Å². The van der Waals surface area contributed by atoms with Crippen molar-refractivity contribution in [3.8, 4) is 0 Å². The second-order valence-electron chi connectivity index (χ2n) is 4.91. The molecule has 0 aromatic rings. The predicted octanol–water partition coefficient (Wildman–Crippen LogP) is 0.969. The fraction of sp³-hybridized carbons (Fsp3) is 1.00. The summed E-state index contributed by atoms with van der Waals surface area (Å²) in [5.74, 6) is 0.725. The normalized spacial score (nSPS) is 25.4. The molecule has 1 aliphatic rings. The Labute approximate surface area is 106 Å². The van der Waals surface area contributed by atoms with Crippen molar-refractivity contribution < 1.29 is 9.47 Å². The van der Waals surface area contributed by atoms with E-state index in [0.29, 0.717) is 6.04 Å². The molecule has 2 atom stereocenters. The molecule has 0 amide bonds. The van der Waals surface area contributed by atoms with E-state index in [1.807, 2.05) is 0 Å². The van der Waals surface area contributed by atoms with Crippen LogP contribution >= 0.6 is 0 Å². The van der Waals surface area contributed by atoms with Crippen LogP contribution in [-0.2, 0) is 9.47 Å². The Kier molecular flexibility index (Phi) is 7.77. The van der Waals surface area contributed by atoms with Crippen molar-refractivity contribution in [2.75, 3.05) is 53.6 Å². The van der Waals surface area contributed by atoms with E-state index in [1.165, 1.54) is 6.42 Å². The molecule has 1 rings (SSSR count). The van der Waals surface area contributed by atoms with E-state index in [4.69, 9.17) is 9.47 Å². The number of ether oxygens (including phenoxy) is 2. The third kappa shape index (κ3) is 5.34. The van der Waals surface area contributed by atoms with E-state index in [2.05, 4.69) is 17.1 Å². The summed E-state index contributed by atoms with van der Waals surface area (Å²) in [4.78, 5) is 2.58. The Bertz CT molecular complexity index is 190. The quantitative estimate of drug-likeness (QED) is 0.645. The largest absolute Gasteiger partial charge is 0.385 e. The highest BCUT2D eigenvalue weighted by atomic mass is 16.5. The van der Waals surface area contributed by atoms with Gasteiger partial charge in [-0.1, -0.05) is 6.92 Å². The monoisotopic (exact) mass is 244 g/mol. The number of rotatable bonds is 8. The molecule has 4 heteroatoms. The first-order valence-corrected chi connectivity index (χ1v) is 6.72. The number of hydrogen-bond acceptors (Lipinski definition) is 4. The molecule has 2 unspecified atom stereocenters. The van der Waals surface area contributed by atoms with Crippen LogP contribution in [0.25, 0.3) is 0 Å². The molecule has 0 saturated carbocycles. The van der Waals surface area contributed by atoms with Gasteiger partial charge in [0.2, 0.25) is 0 Å². The minimum atomic E-state index is 0.697. The van der Waals surface area contributed by atoms with Gasteiger partial charge in [-0.2, -0.15) is 0 Å². The van der Waals surface area contributed by atoms with E-state index in [9.17, 15) is 0 Å². The molecule has 0 aromatic heterocycles. The van der Waals surface area contributed by atoms with Crippen molar-refractivity contribution in [3.63, 3.8) is 0 Å². The zero-order valence-electron chi connectivity index (χ0n) is 11.6. The van der Waals surface area contributed by atoms with E-state index >= 15 is 0 Å². The summed E-state index contributed by atoms with van der Waals surface area (Å²) in [6.07, 6.45) is 2.36. The smallest absolute Gasteiger partial charge is 0.0589 e. The number of nitrogens with one attached hydrogen (secondary N) is 1. The topological polar surface area (TPSA) is 33.7 Å². The van der Waals surface area contributed by atoms with Crippen LogP contribution in [0.1, 0.15) is 19.8 Å². The molecule has 1 saturated heterocycles. The van der Waals surface area contributed by atoms with Gasteiger partial charge in [0, 0.05) is 40.0 Å². The number of methoxy groups -OCH3 is 2. The number of nitrogens with zero attached hydrogens (tertiary/aromatic N) is 1. The summed E-state index contributed by atoms with van der Waals surface area (Å²) in [7, 11) is 3.55. The van der Waals surface area contributed by atoms with Crippen LogP contribution in [0, 0.1) is 5.92 Å². The van der Waals surface area contributed by atoms with Crippen molar-refractivity contribution in [1.29, 1.82) is 0 Å². The van der Waals surface area contributed by atoms with Crippen molar-refractivity contribution >= 4 is 0 Å². The molecule has 1 heterocycles. The highest BCUT2D eigenvalue weighted by Gasteiger charge is 2.26. The molecule has 17 heavy (non-hydrogen) atoms. The fourth-order valence-corrected chi connectivity index (χ4v) is 2.61. The lowest BCUT2D eigenvalue weighted by molar-refractivity contribution is 0.0724.